The van der Waals surface area contributed by atoms with Crippen LogP contribution >= 0.6 is 11.3 Å². The molecule has 41 heavy (non-hydrogen) atoms. The molecule has 0 aliphatic heterocycles. The largest absolute Gasteiger partial charge is 0.481 e. The maximum absolute atomic E-state index is 13.3. The zero-order valence-electron chi connectivity index (χ0n) is 25.2. The van der Waals surface area contributed by atoms with Crippen LogP contribution in [0.25, 0.3) is 0 Å². The summed E-state index contributed by atoms with van der Waals surface area (Å²) in [6.45, 7) is 11.8. The van der Waals surface area contributed by atoms with E-state index in [9.17, 15) is 19.5 Å². The van der Waals surface area contributed by atoms with Crippen LogP contribution in [0.1, 0.15) is 118 Å². The molecule has 1 aromatic carbocycles. The maximum atomic E-state index is 13.3. The third kappa shape index (κ3) is 8.85. The van der Waals surface area contributed by atoms with Gasteiger partial charge in [0.15, 0.2) is 0 Å². The van der Waals surface area contributed by atoms with E-state index < -0.39 is 11.9 Å². The number of ether oxygens (including phenoxy) is 1. The molecule has 0 saturated carbocycles. The van der Waals surface area contributed by atoms with E-state index in [1.807, 2.05) is 29.2 Å². The predicted octanol–water partition coefficient (Wildman–Crippen LogP) is 6.37. The molecule has 0 spiro atoms. The summed E-state index contributed by atoms with van der Waals surface area (Å²) in [5, 5.41) is 15.3. The van der Waals surface area contributed by atoms with Gasteiger partial charge in [0.25, 0.3) is 5.91 Å². The highest BCUT2D eigenvalue weighted by molar-refractivity contribution is 7.09. The van der Waals surface area contributed by atoms with Crippen LogP contribution in [0.2, 0.25) is 0 Å². The van der Waals surface area contributed by atoms with Crippen LogP contribution in [0, 0.1) is 5.92 Å². The lowest BCUT2D eigenvalue weighted by Crippen LogP contribution is -2.44. The Bertz CT molecular complexity index is 1150. The summed E-state index contributed by atoms with van der Waals surface area (Å²) in [6, 6.07) is 7.25. The van der Waals surface area contributed by atoms with Crippen LogP contribution in [0.5, 0.6) is 0 Å². The molecule has 9 heteroatoms. The highest BCUT2D eigenvalue weighted by Crippen LogP contribution is 2.33. The van der Waals surface area contributed by atoms with Crippen molar-refractivity contribution in [1.82, 2.24) is 15.2 Å². The highest BCUT2D eigenvalue weighted by Gasteiger charge is 2.34. The van der Waals surface area contributed by atoms with Gasteiger partial charge in [0.2, 0.25) is 5.91 Å². The number of hydrogen-bond donors (Lipinski definition) is 2. The van der Waals surface area contributed by atoms with Crippen molar-refractivity contribution in [2.75, 3.05) is 13.2 Å². The first kappa shape index (κ1) is 32.7. The standard InChI is InChI=1S/C32H47N3O5S/c1-6-9-14-29(36)35(15-7-2)27(21(4)5)19-28(40-16-8-3)31-34-26(20-41-31)30(37)33-23-17-22-12-10-11-13-24(22)25(18-23)32(38)39/h10-13,20-21,23,25,27-28H,6-9,14-19H2,1-5H3,(H,33,37)(H,38,39)/t23?,25-,27?,28?/m1/s1. The monoisotopic (exact) mass is 585 g/mol. The van der Waals surface area contributed by atoms with Gasteiger partial charge in [0.1, 0.15) is 16.8 Å². The number of aliphatic carboxylic acids is 1. The molecule has 0 radical (unpaired) electrons. The van der Waals surface area contributed by atoms with Gasteiger partial charge in [-0.15, -0.1) is 11.3 Å². The van der Waals surface area contributed by atoms with Crippen molar-refractivity contribution >= 4 is 29.1 Å². The van der Waals surface area contributed by atoms with Gasteiger partial charge < -0.3 is 20.1 Å². The third-order valence-corrected chi connectivity index (χ3v) is 8.69. The molecular formula is C32H47N3O5S. The van der Waals surface area contributed by atoms with Crippen LogP contribution < -0.4 is 5.32 Å². The number of fused-ring (bicyclic) bond motifs is 1. The second kappa shape index (κ2) is 16.0. The van der Waals surface area contributed by atoms with Gasteiger partial charge in [0, 0.05) is 43.5 Å². The minimum atomic E-state index is -0.881. The number of carbonyl (C=O) groups excluding carboxylic acids is 2. The van der Waals surface area contributed by atoms with Crippen molar-refractivity contribution in [2.24, 2.45) is 5.92 Å². The Hall–Kier alpha value is -2.78. The average molecular weight is 586 g/mol. The lowest BCUT2D eigenvalue weighted by atomic mass is 9.80. The van der Waals surface area contributed by atoms with Crippen molar-refractivity contribution in [3.05, 3.63) is 51.5 Å². The van der Waals surface area contributed by atoms with Gasteiger partial charge >= 0.3 is 5.97 Å². The molecule has 1 aliphatic carbocycles. The Kier molecular flexibility index (Phi) is 12.8. The summed E-state index contributed by atoms with van der Waals surface area (Å²) < 4.78 is 6.28. The number of carboxylic acids is 1. The minimum absolute atomic E-state index is 0.00222. The van der Waals surface area contributed by atoms with Crippen LogP contribution in [0.15, 0.2) is 29.6 Å². The summed E-state index contributed by atoms with van der Waals surface area (Å²) in [7, 11) is 0. The van der Waals surface area contributed by atoms with Crippen molar-refractivity contribution in [3.8, 4) is 0 Å². The van der Waals surface area contributed by atoms with Gasteiger partial charge in [-0.1, -0.05) is 65.3 Å². The number of benzene rings is 1. The summed E-state index contributed by atoms with van der Waals surface area (Å²) in [4.78, 5) is 45.1. The van der Waals surface area contributed by atoms with Gasteiger partial charge in [0.05, 0.1) is 5.92 Å². The fraction of sp³-hybridized carbons (Fsp3) is 0.625. The Morgan fingerprint density at radius 3 is 2.56 bits per heavy atom. The molecule has 8 nitrogen and oxygen atoms in total. The Balaban J connectivity index is 1.77. The van der Waals surface area contributed by atoms with E-state index in [2.05, 4.69) is 39.9 Å². The molecule has 2 aromatic rings. The normalized spacial score (nSPS) is 18.0. The summed E-state index contributed by atoms with van der Waals surface area (Å²) in [5.74, 6) is -1.41. The van der Waals surface area contributed by atoms with Gasteiger partial charge in [-0.3, -0.25) is 14.4 Å². The first-order valence-electron chi connectivity index (χ1n) is 15.2. The molecule has 1 aromatic heterocycles. The molecule has 2 N–H and O–H groups in total. The van der Waals surface area contributed by atoms with Gasteiger partial charge in [-0.25, -0.2) is 4.98 Å². The predicted molar refractivity (Wildman–Crippen MR) is 162 cm³/mol. The van der Waals surface area contributed by atoms with E-state index in [1.165, 1.54) is 11.3 Å². The van der Waals surface area contributed by atoms with Crippen LogP contribution in [-0.4, -0.2) is 58.0 Å². The van der Waals surface area contributed by atoms with Crippen molar-refractivity contribution in [1.29, 1.82) is 0 Å². The smallest absolute Gasteiger partial charge is 0.311 e. The summed E-state index contributed by atoms with van der Waals surface area (Å²) >= 11 is 1.40. The van der Waals surface area contributed by atoms with Gasteiger partial charge in [-0.05, 0) is 49.1 Å². The van der Waals surface area contributed by atoms with E-state index in [0.29, 0.717) is 44.5 Å². The zero-order valence-corrected chi connectivity index (χ0v) is 26.0. The summed E-state index contributed by atoms with van der Waals surface area (Å²) in [6.07, 6.45) is 5.36. The van der Waals surface area contributed by atoms with Crippen LogP contribution in [-0.2, 0) is 20.7 Å². The Morgan fingerprint density at radius 1 is 1.15 bits per heavy atom. The number of rotatable bonds is 16. The molecule has 3 rings (SSSR count). The molecule has 2 amide bonds. The van der Waals surface area contributed by atoms with Crippen molar-refractivity contribution < 1.29 is 24.2 Å². The highest BCUT2D eigenvalue weighted by atomic mass is 32.1. The molecule has 226 valence electrons. The first-order chi connectivity index (χ1) is 19.7. The van der Waals surface area contributed by atoms with E-state index in [-0.39, 0.29) is 35.9 Å². The van der Waals surface area contributed by atoms with Crippen LogP contribution in [0.4, 0.5) is 0 Å². The topological polar surface area (TPSA) is 109 Å². The Labute approximate surface area is 248 Å². The minimum Gasteiger partial charge on any atom is -0.481 e. The average Bonchev–Trinajstić information content (AvgIpc) is 3.45. The fourth-order valence-electron chi connectivity index (χ4n) is 5.63. The number of thiazole rings is 1. The van der Waals surface area contributed by atoms with Crippen LogP contribution in [0.3, 0.4) is 0 Å². The number of unbranched alkanes of at least 4 members (excludes halogenated alkanes) is 1. The van der Waals surface area contributed by atoms with Crippen molar-refractivity contribution in [2.45, 2.75) is 110 Å². The zero-order chi connectivity index (χ0) is 29.9. The van der Waals surface area contributed by atoms with Crippen molar-refractivity contribution in [3.63, 3.8) is 0 Å². The second-order valence-corrected chi connectivity index (χ2v) is 12.3. The van der Waals surface area contributed by atoms with Gasteiger partial charge in [-0.2, -0.15) is 0 Å². The van der Waals surface area contributed by atoms with E-state index in [0.717, 1.165) is 41.8 Å². The van der Waals surface area contributed by atoms with E-state index in [4.69, 9.17) is 9.72 Å². The number of aromatic nitrogens is 1. The third-order valence-electron chi connectivity index (χ3n) is 7.76. The number of carboxylic acid groups (broad SMARTS) is 1. The number of hydrogen-bond acceptors (Lipinski definition) is 6. The fourth-order valence-corrected chi connectivity index (χ4v) is 6.49. The second-order valence-electron chi connectivity index (χ2n) is 11.4. The molecule has 0 bridgehead atoms. The number of amides is 2. The molecule has 1 aliphatic rings. The first-order valence-corrected chi connectivity index (χ1v) is 16.1. The molecule has 1 heterocycles. The number of nitrogens with one attached hydrogen (secondary N) is 1. The SMILES string of the molecule is CCCCC(=O)N(CCC)C(CC(OCCC)c1nc(C(=O)NC2Cc3ccccc3[C@H](C(=O)O)C2)cs1)C(C)C. The Morgan fingerprint density at radius 2 is 1.90 bits per heavy atom. The number of carbonyl (C=O) groups is 3. The maximum Gasteiger partial charge on any atom is 0.311 e. The van der Waals surface area contributed by atoms with E-state index in [1.54, 1.807) is 5.38 Å². The number of nitrogens with zero attached hydrogens (tertiary/aromatic N) is 2. The molecule has 3 unspecified atom stereocenters. The molecule has 0 fully saturated rings. The van der Waals surface area contributed by atoms with E-state index >= 15 is 0 Å². The molecule has 4 atom stereocenters. The summed E-state index contributed by atoms with van der Waals surface area (Å²) in [5.41, 5.74) is 2.09. The lowest BCUT2D eigenvalue weighted by Gasteiger charge is -2.36. The quantitative estimate of drug-likeness (QED) is 0.237. The molecular weight excluding hydrogens is 538 g/mol. The lowest BCUT2D eigenvalue weighted by molar-refractivity contribution is -0.139. The molecule has 0 saturated heterocycles.